The number of nitrogens with two attached hydrogens (primary N) is 2. The van der Waals surface area contributed by atoms with Crippen LogP contribution in [0.2, 0.25) is 0 Å². The topological polar surface area (TPSA) is 115 Å². The molecule has 34 heavy (non-hydrogen) atoms. The van der Waals surface area contributed by atoms with Crippen molar-refractivity contribution in [3.63, 3.8) is 0 Å². The minimum atomic E-state index is -4.68. The van der Waals surface area contributed by atoms with Gasteiger partial charge >= 0.3 is 12.4 Å². The lowest BCUT2D eigenvalue weighted by atomic mass is 10.1. The van der Waals surface area contributed by atoms with Gasteiger partial charge in [0, 0.05) is 24.1 Å². The summed E-state index contributed by atoms with van der Waals surface area (Å²) in [6, 6.07) is 7.87. The lowest BCUT2D eigenvalue weighted by Crippen LogP contribution is -2.52. The molecule has 13 heteroatoms. The van der Waals surface area contributed by atoms with E-state index in [0.717, 1.165) is 12.1 Å². The Morgan fingerprint density at radius 1 is 1.03 bits per heavy atom. The average Bonchev–Trinajstić information content (AvgIpc) is 2.76. The Balaban J connectivity index is 2.23. The van der Waals surface area contributed by atoms with Gasteiger partial charge in [-0.25, -0.2) is 0 Å². The zero-order chi connectivity index (χ0) is 25.5. The van der Waals surface area contributed by atoms with Crippen LogP contribution in [-0.2, 0) is 12.7 Å². The van der Waals surface area contributed by atoms with Crippen molar-refractivity contribution in [3.05, 3.63) is 65.2 Å². The van der Waals surface area contributed by atoms with E-state index in [2.05, 4.69) is 15.6 Å². The van der Waals surface area contributed by atoms with Crippen molar-refractivity contribution in [2.75, 3.05) is 7.11 Å². The van der Waals surface area contributed by atoms with Gasteiger partial charge in [-0.15, -0.1) is 0 Å². The first-order chi connectivity index (χ1) is 15.8. The van der Waals surface area contributed by atoms with Gasteiger partial charge in [-0.2, -0.15) is 31.3 Å². The van der Waals surface area contributed by atoms with Crippen LogP contribution in [0.4, 0.5) is 26.3 Å². The predicted octanol–water partition coefficient (Wildman–Crippen LogP) is 3.15. The second kappa shape index (κ2) is 11.2. The van der Waals surface area contributed by atoms with E-state index in [1.807, 2.05) is 0 Å². The number of aliphatic imine (C=N–C) groups is 1. The predicted molar refractivity (Wildman–Crippen MR) is 113 cm³/mol. The van der Waals surface area contributed by atoms with Gasteiger partial charge in [0.05, 0.1) is 18.8 Å². The largest absolute Gasteiger partial charge is 0.496 e. The van der Waals surface area contributed by atoms with Crippen molar-refractivity contribution in [3.8, 4) is 5.75 Å². The third kappa shape index (κ3) is 7.92. The molecule has 0 fully saturated rings. The highest BCUT2D eigenvalue weighted by Crippen LogP contribution is 2.29. The molecule has 0 bridgehead atoms. The van der Waals surface area contributed by atoms with Crippen molar-refractivity contribution in [2.24, 2.45) is 16.5 Å². The number of amides is 1. The standard InChI is InChI=1S/C21H23F6N5O2/c1-34-15-5-3-2-4-13(15)11-30-19(31-17(29)10-16(28)21(25,26)27)32-18(33)12-6-8-14(9-7-12)20(22,23)24/h2-9,16-17H,10-11,28-29H2,1H3,(H2,30,31,32,33). The number of methoxy groups -OCH3 is 1. The number of halogens is 6. The molecular formula is C21H23F6N5O2. The SMILES string of the molecule is COc1ccccc1CN/C(=N/C(=O)c1ccc(C(F)(F)F)cc1)NC(N)CC(N)C(F)(F)F. The van der Waals surface area contributed by atoms with Crippen LogP contribution in [0.15, 0.2) is 53.5 Å². The number of hydrogen-bond acceptors (Lipinski definition) is 4. The van der Waals surface area contributed by atoms with Gasteiger partial charge in [-0.3, -0.25) is 4.79 Å². The molecule has 0 heterocycles. The van der Waals surface area contributed by atoms with E-state index in [0.29, 0.717) is 23.4 Å². The number of alkyl halides is 6. The number of nitrogens with zero attached hydrogens (tertiary/aromatic N) is 1. The Labute approximate surface area is 191 Å². The summed E-state index contributed by atoms with van der Waals surface area (Å²) in [5.74, 6) is -0.749. The maximum atomic E-state index is 12.7. The maximum Gasteiger partial charge on any atom is 0.416 e. The lowest BCUT2D eigenvalue weighted by Gasteiger charge is -2.22. The van der Waals surface area contributed by atoms with Crippen LogP contribution in [0.5, 0.6) is 5.75 Å². The second-order valence-corrected chi connectivity index (χ2v) is 7.14. The van der Waals surface area contributed by atoms with E-state index in [4.69, 9.17) is 16.2 Å². The van der Waals surface area contributed by atoms with Crippen LogP contribution in [0, 0.1) is 0 Å². The van der Waals surface area contributed by atoms with E-state index in [-0.39, 0.29) is 18.1 Å². The summed E-state index contributed by atoms with van der Waals surface area (Å²) >= 11 is 0. The molecule has 0 saturated heterocycles. The minimum absolute atomic E-state index is 0.0359. The first kappa shape index (κ1) is 26.9. The Bertz CT molecular complexity index is 992. The minimum Gasteiger partial charge on any atom is -0.496 e. The molecule has 6 N–H and O–H groups in total. The number of rotatable bonds is 7. The fraction of sp³-hybridized carbons (Fsp3) is 0.333. The Morgan fingerprint density at radius 2 is 1.65 bits per heavy atom. The molecule has 2 unspecified atom stereocenters. The van der Waals surface area contributed by atoms with E-state index in [1.54, 1.807) is 24.3 Å². The lowest BCUT2D eigenvalue weighted by molar-refractivity contribution is -0.150. The van der Waals surface area contributed by atoms with Crippen LogP contribution in [0.1, 0.15) is 27.9 Å². The molecule has 0 saturated carbocycles. The number of carbonyl (C=O) groups is 1. The van der Waals surface area contributed by atoms with Crippen molar-refractivity contribution in [2.45, 2.75) is 37.5 Å². The van der Waals surface area contributed by atoms with Crippen LogP contribution in [0.3, 0.4) is 0 Å². The van der Waals surface area contributed by atoms with Crippen molar-refractivity contribution >= 4 is 11.9 Å². The van der Waals surface area contributed by atoms with Crippen molar-refractivity contribution in [1.29, 1.82) is 0 Å². The van der Waals surface area contributed by atoms with Crippen LogP contribution in [-0.4, -0.2) is 37.4 Å². The van der Waals surface area contributed by atoms with Crippen molar-refractivity contribution in [1.82, 2.24) is 10.6 Å². The number of nitrogens with one attached hydrogen (secondary N) is 2. The van der Waals surface area contributed by atoms with Gasteiger partial charge in [-0.05, 0) is 30.3 Å². The number of guanidine groups is 1. The highest BCUT2D eigenvalue weighted by atomic mass is 19.4. The Morgan fingerprint density at radius 3 is 2.21 bits per heavy atom. The fourth-order valence-electron chi connectivity index (χ4n) is 2.76. The molecule has 186 valence electrons. The number of benzene rings is 2. The van der Waals surface area contributed by atoms with Gasteiger partial charge in [0.2, 0.25) is 5.96 Å². The van der Waals surface area contributed by atoms with Crippen LogP contribution >= 0.6 is 0 Å². The summed E-state index contributed by atoms with van der Waals surface area (Å²) in [4.78, 5) is 16.2. The highest BCUT2D eigenvalue weighted by Gasteiger charge is 2.37. The van der Waals surface area contributed by atoms with E-state index in [9.17, 15) is 31.1 Å². The summed E-state index contributed by atoms with van der Waals surface area (Å²) < 4.78 is 81.7. The molecule has 0 aliphatic rings. The number of hydrogen-bond donors (Lipinski definition) is 4. The second-order valence-electron chi connectivity index (χ2n) is 7.14. The van der Waals surface area contributed by atoms with Crippen LogP contribution in [0.25, 0.3) is 0 Å². The number of carbonyl (C=O) groups excluding carboxylic acids is 1. The first-order valence-electron chi connectivity index (χ1n) is 9.81. The number of para-hydroxylation sites is 1. The molecule has 2 aromatic rings. The Kier molecular flexibility index (Phi) is 8.87. The third-order valence-electron chi connectivity index (χ3n) is 4.56. The molecule has 1 amide bonds. The van der Waals surface area contributed by atoms with E-state index >= 15 is 0 Å². The molecule has 0 spiro atoms. The Hall–Kier alpha value is -3.32. The normalized spacial score (nSPS) is 14.3. The molecular weight excluding hydrogens is 468 g/mol. The third-order valence-corrected chi connectivity index (χ3v) is 4.56. The van der Waals surface area contributed by atoms with Gasteiger partial charge in [0.15, 0.2) is 0 Å². The highest BCUT2D eigenvalue weighted by molar-refractivity contribution is 6.02. The summed E-state index contributed by atoms with van der Waals surface area (Å²) in [5.41, 5.74) is 10.3. The quantitative estimate of drug-likeness (QED) is 0.205. The molecule has 7 nitrogen and oxygen atoms in total. The number of ether oxygens (including phenoxy) is 1. The van der Waals surface area contributed by atoms with Crippen molar-refractivity contribution < 1.29 is 35.9 Å². The molecule has 0 aliphatic carbocycles. The summed E-state index contributed by atoms with van der Waals surface area (Å²) in [5, 5.41) is 5.20. The smallest absolute Gasteiger partial charge is 0.416 e. The van der Waals surface area contributed by atoms with E-state index < -0.39 is 42.5 Å². The molecule has 2 rings (SSSR count). The molecule has 0 aliphatic heterocycles. The van der Waals surface area contributed by atoms with Gasteiger partial charge < -0.3 is 26.8 Å². The maximum absolute atomic E-state index is 12.7. The fourth-order valence-corrected chi connectivity index (χ4v) is 2.76. The van der Waals surface area contributed by atoms with Gasteiger partial charge in [-0.1, -0.05) is 18.2 Å². The molecule has 2 atom stereocenters. The molecule has 2 aromatic carbocycles. The molecule has 0 aromatic heterocycles. The zero-order valence-corrected chi connectivity index (χ0v) is 17.9. The monoisotopic (exact) mass is 491 g/mol. The van der Waals surface area contributed by atoms with Gasteiger partial charge in [0.25, 0.3) is 5.91 Å². The zero-order valence-electron chi connectivity index (χ0n) is 17.9. The first-order valence-corrected chi connectivity index (χ1v) is 9.81. The summed E-state index contributed by atoms with van der Waals surface area (Å²) in [6.45, 7) is 0.0359. The van der Waals surface area contributed by atoms with E-state index in [1.165, 1.54) is 7.11 Å². The summed E-state index contributed by atoms with van der Waals surface area (Å²) in [6.07, 6.45) is -11.3. The summed E-state index contributed by atoms with van der Waals surface area (Å²) in [7, 11) is 1.44. The van der Waals surface area contributed by atoms with Gasteiger partial charge in [0.1, 0.15) is 11.8 Å². The van der Waals surface area contributed by atoms with Crippen LogP contribution < -0.4 is 26.8 Å². The molecule has 0 radical (unpaired) electrons. The average molecular weight is 491 g/mol.